The fourth-order valence-corrected chi connectivity index (χ4v) is 3.59. The van der Waals surface area contributed by atoms with Crippen molar-refractivity contribution >= 4 is 45.0 Å². The smallest absolute Gasteiger partial charge is 0.336 e. The molecule has 0 unspecified atom stereocenters. The molecule has 5 heteroatoms. The van der Waals surface area contributed by atoms with Gasteiger partial charge in [-0.25, -0.2) is 4.79 Å². The minimum atomic E-state index is -0.897. The summed E-state index contributed by atoms with van der Waals surface area (Å²) in [4.78, 5) is 11.8. The van der Waals surface area contributed by atoms with Crippen LogP contribution in [0.2, 0.25) is 0 Å². The van der Waals surface area contributed by atoms with Crippen LogP contribution in [-0.4, -0.2) is 11.1 Å². The zero-order valence-electron chi connectivity index (χ0n) is 8.01. The largest absolute Gasteiger partial charge is 0.478 e. The Hall–Kier alpha value is -0.780. The van der Waals surface area contributed by atoms with Crippen molar-refractivity contribution in [3.05, 3.63) is 45.7 Å². The maximum Gasteiger partial charge on any atom is 0.336 e. The Balaban J connectivity index is 2.38. The van der Waals surface area contributed by atoms with Crippen LogP contribution in [0.15, 0.2) is 49.3 Å². The number of rotatable bonds is 3. The highest BCUT2D eigenvalue weighted by molar-refractivity contribution is 9.10. The molecule has 82 valence electrons. The summed E-state index contributed by atoms with van der Waals surface area (Å²) in [7, 11) is 0. The third-order valence-corrected chi connectivity index (χ3v) is 4.47. The Morgan fingerprint density at radius 3 is 2.81 bits per heavy atom. The number of carbonyl (C=O) groups is 1. The van der Waals surface area contributed by atoms with Crippen molar-refractivity contribution in [2.45, 2.75) is 9.10 Å². The van der Waals surface area contributed by atoms with Gasteiger partial charge in [0.25, 0.3) is 0 Å². The van der Waals surface area contributed by atoms with E-state index in [9.17, 15) is 4.79 Å². The quantitative estimate of drug-likeness (QED) is 0.914. The van der Waals surface area contributed by atoms with Gasteiger partial charge < -0.3 is 5.11 Å². The molecular formula is C11H7BrO2S2. The molecule has 0 saturated carbocycles. The highest BCUT2D eigenvalue weighted by atomic mass is 79.9. The lowest BCUT2D eigenvalue weighted by Crippen LogP contribution is -1.98. The molecule has 0 aliphatic carbocycles. The van der Waals surface area contributed by atoms with Gasteiger partial charge in [-0.05, 0) is 29.6 Å². The lowest BCUT2D eigenvalue weighted by atomic mass is 10.2. The summed E-state index contributed by atoms with van der Waals surface area (Å²) in [6, 6.07) is 9.10. The van der Waals surface area contributed by atoms with Gasteiger partial charge in [-0.1, -0.05) is 33.8 Å². The maximum absolute atomic E-state index is 11.0. The predicted octanol–water partition coefficient (Wildman–Crippen LogP) is 4.36. The topological polar surface area (TPSA) is 37.3 Å². The Morgan fingerprint density at radius 1 is 1.38 bits per heavy atom. The first-order valence-electron chi connectivity index (χ1n) is 4.41. The van der Waals surface area contributed by atoms with Gasteiger partial charge in [0.2, 0.25) is 0 Å². The Morgan fingerprint density at radius 2 is 2.19 bits per heavy atom. The Bertz CT molecular complexity index is 509. The normalized spacial score (nSPS) is 10.3. The Kier molecular flexibility index (Phi) is 3.68. The molecule has 1 heterocycles. The van der Waals surface area contributed by atoms with Crippen LogP contribution in [-0.2, 0) is 0 Å². The second kappa shape index (κ2) is 5.03. The molecule has 1 aromatic heterocycles. The van der Waals surface area contributed by atoms with Crippen molar-refractivity contribution in [1.29, 1.82) is 0 Å². The van der Waals surface area contributed by atoms with Crippen LogP contribution in [0.25, 0.3) is 0 Å². The fraction of sp³-hybridized carbons (Fsp3) is 0. The highest BCUT2D eigenvalue weighted by Gasteiger charge is 2.11. The van der Waals surface area contributed by atoms with Gasteiger partial charge >= 0.3 is 5.97 Å². The molecule has 0 saturated heterocycles. The fourth-order valence-electron chi connectivity index (χ4n) is 1.19. The van der Waals surface area contributed by atoms with Gasteiger partial charge in [0.1, 0.15) is 0 Å². The highest BCUT2D eigenvalue weighted by Crippen LogP contribution is 2.35. The van der Waals surface area contributed by atoms with Gasteiger partial charge in [0, 0.05) is 9.37 Å². The monoisotopic (exact) mass is 314 g/mol. The van der Waals surface area contributed by atoms with Crippen LogP contribution < -0.4 is 0 Å². The average molecular weight is 315 g/mol. The zero-order chi connectivity index (χ0) is 11.5. The zero-order valence-corrected chi connectivity index (χ0v) is 11.2. The van der Waals surface area contributed by atoms with E-state index in [1.165, 1.54) is 11.8 Å². The molecule has 1 N–H and O–H groups in total. The number of halogens is 1. The molecule has 0 aliphatic heterocycles. The molecule has 2 nitrogen and oxygen atoms in total. The average Bonchev–Trinajstić information content (AvgIpc) is 2.70. The summed E-state index contributed by atoms with van der Waals surface area (Å²) in [5.41, 5.74) is 0.335. The number of carboxylic acids is 1. The number of hydrogen-bond acceptors (Lipinski definition) is 3. The van der Waals surface area contributed by atoms with E-state index in [4.69, 9.17) is 5.11 Å². The minimum Gasteiger partial charge on any atom is -0.478 e. The van der Waals surface area contributed by atoms with Crippen LogP contribution in [0.5, 0.6) is 0 Å². The van der Waals surface area contributed by atoms with E-state index in [0.717, 1.165) is 13.6 Å². The summed E-state index contributed by atoms with van der Waals surface area (Å²) in [5.74, 6) is -0.897. The molecule has 1 aromatic carbocycles. The molecular weight excluding hydrogens is 308 g/mol. The number of benzene rings is 1. The van der Waals surface area contributed by atoms with Crippen molar-refractivity contribution in [3.63, 3.8) is 0 Å². The molecule has 0 aliphatic rings. The van der Waals surface area contributed by atoms with Gasteiger partial charge in [0.05, 0.1) is 9.77 Å². The molecule has 0 atom stereocenters. The summed E-state index contributed by atoms with van der Waals surface area (Å²) >= 11 is 6.42. The van der Waals surface area contributed by atoms with E-state index in [2.05, 4.69) is 15.9 Å². The SMILES string of the molecule is O=C(O)c1ccc(Br)cc1Sc1cccs1. The van der Waals surface area contributed by atoms with E-state index in [1.807, 2.05) is 23.6 Å². The van der Waals surface area contributed by atoms with Crippen molar-refractivity contribution < 1.29 is 9.90 Å². The van der Waals surface area contributed by atoms with E-state index < -0.39 is 5.97 Å². The third-order valence-electron chi connectivity index (χ3n) is 1.88. The molecule has 0 spiro atoms. The lowest BCUT2D eigenvalue weighted by Gasteiger charge is -2.04. The molecule has 0 bridgehead atoms. The van der Waals surface area contributed by atoms with E-state index in [0.29, 0.717) is 5.56 Å². The van der Waals surface area contributed by atoms with E-state index in [-0.39, 0.29) is 0 Å². The van der Waals surface area contributed by atoms with Crippen LogP contribution in [0.4, 0.5) is 0 Å². The van der Waals surface area contributed by atoms with Crippen LogP contribution in [0, 0.1) is 0 Å². The van der Waals surface area contributed by atoms with Gasteiger partial charge in [-0.3, -0.25) is 0 Å². The molecule has 0 radical (unpaired) electrons. The molecule has 16 heavy (non-hydrogen) atoms. The summed E-state index contributed by atoms with van der Waals surface area (Å²) in [5, 5.41) is 11.0. The van der Waals surface area contributed by atoms with Gasteiger partial charge in [0.15, 0.2) is 0 Å². The van der Waals surface area contributed by atoms with Crippen LogP contribution >= 0.6 is 39.0 Å². The van der Waals surface area contributed by atoms with Gasteiger partial charge in [-0.15, -0.1) is 11.3 Å². The third kappa shape index (κ3) is 2.66. The lowest BCUT2D eigenvalue weighted by molar-refractivity contribution is 0.0693. The van der Waals surface area contributed by atoms with E-state index >= 15 is 0 Å². The first kappa shape index (κ1) is 11.7. The Labute approximate surface area is 109 Å². The standard InChI is InChI=1S/C11H7BrO2S2/c12-7-3-4-8(11(13)14)9(6-7)16-10-2-1-5-15-10/h1-6H,(H,13,14). The summed E-state index contributed by atoms with van der Waals surface area (Å²) in [6.07, 6.45) is 0. The summed E-state index contributed by atoms with van der Waals surface area (Å²) < 4.78 is 1.97. The number of carboxylic acid groups (broad SMARTS) is 1. The number of hydrogen-bond donors (Lipinski definition) is 1. The maximum atomic E-state index is 11.0. The van der Waals surface area contributed by atoms with Crippen molar-refractivity contribution in [3.8, 4) is 0 Å². The van der Waals surface area contributed by atoms with Crippen molar-refractivity contribution in [2.24, 2.45) is 0 Å². The second-order valence-corrected chi connectivity index (χ2v) is 6.19. The van der Waals surface area contributed by atoms with E-state index in [1.54, 1.807) is 23.5 Å². The molecule has 2 aromatic rings. The minimum absolute atomic E-state index is 0.335. The van der Waals surface area contributed by atoms with Gasteiger partial charge in [-0.2, -0.15) is 0 Å². The molecule has 2 rings (SSSR count). The second-order valence-electron chi connectivity index (χ2n) is 2.98. The van der Waals surface area contributed by atoms with Crippen molar-refractivity contribution in [2.75, 3.05) is 0 Å². The predicted molar refractivity (Wildman–Crippen MR) is 69.5 cm³/mol. The first-order valence-corrected chi connectivity index (χ1v) is 6.90. The first-order chi connectivity index (χ1) is 7.66. The van der Waals surface area contributed by atoms with Crippen LogP contribution in [0.1, 0.15) is 10.4 Å². The number of aromatic carboxylic acids is 1. The number of thiophene rings is 1. The van der Waals surface area contributed by atoms with Crippen LogP contribution in [0.3, 0.4) is 0 Å². The van der Waals surface area contributed by atoms with Crippen molar-refractivity contribution in [1.82, 2.24) is 0 Å². The molecule has 0 amide bonds. The molecule has 0 fully saturated rings. The summed E-state index contributed by atoms with van der Waals surface area (Å²) in [6.45, 7) is 0.